The summed E-state index contributed by atoms with van der Waals surface area (Å²) in [7, 11) is 1.89. The minimum Gasteiger partial charge on any atom is -0.387 e. The Morgan fingerprint density at radius 1 is 1.23 bits per heavy atom. The van der Waals surface area contributed by atoms with Crippen molar-refractivity contribution in [3.63, 3.8) is 0 Å². The van der Waals surface area contributed by atoms with Crippen LogP contribution in [0.4, 0.5) is 5.69 Å². The van der Waals surface area contributed by atoms with Crippen molar-refractivity contribution in [1.82, 2.24) is 0 Å². The predicted octanol–water partition coefficient (Wildman–Crippen LogP) is 5.34. The Morgan fingerprint density at radius 2 is 2.00 bits per heavy atom. The van der Waals surface area contributed by atoms with E-state index in [2.05, 4.69) is 27.3 Å². The maximum absolute atomic E-state index is 6.37. The SMILES string of the molecule is CNc1cccc(Cl)c1Sc1ccc(Br)cc1C1OCCO1. The van der Waals surface area contributed by atoms with Gasteiger partial charge in [-0.3, -0.25) is 0 Å². The number of benzene rings is 2. The van der Waals surface area contributed by atoms with Crippen molar-refractivity contribution in [3.05, 3.63) is 51.5 Å². The van der Waals surface area contributed by atoms with Crippen LogP contribution in [-0.4, -0.2) is 20.3 Å². The third-order valence-electron chi connectivity index (χ3n) is 3.30. The van der Waals surface area contributed by atoms with Crippen LogP contribution >= 0.6 is 39.3 Å². The number of hydrogen-bond donors (Lipinski definition) is 1. The zero-order valence-electron chi connectivity index (χ0n) is 11.9. The lowest BCUT2D eigenvalue weighted by molar-refractivity contribution is -0.0460. The lowest BCUT2D eigenvalue weighted by Gasteiger charge is -2.17. The van der Waals surface area contributed by atoms with E-state index in [-0.39, 0.29) is 6.29 Å². The first-order valence-electron chi connectivity index (χ1n) is 6.86. The van der Waals surface area contributed by atoms with Crippen molar-refractivity contribution in [1.29, 1.82) is 0 Å². The van der Waals surface area contributed by atoms with Gasteiger partial charge in [0, 0.05) is 27.7 Å². The van der Waals surface area contributed by atoms with Gasteiger partial charge in [-0.25, -0.2) is 0 Å². The van der Waals surface area contributed by atoms with Crippen LogP contribution in [0, 0.1) is 0 Å². The van der Waals surface area contributed by atoms with E-state index in [1.807, 2.05) is 37.4 Å². The molecule has 6 heteroatoms. The van der Waals surface area contributed by atoms with Gasteiger partial charge in [0.05, 0.1) is 23.1 Å². The van der Waals surface area contributed by atoms with Crippen molar-refractivity contribution in [2.45, 2.75) is 16.1 Å². The second kappa shape index (κ2) is 7.23. The summed E-state index contributed by atoms with van der Waals surface area (Å²) in [5.74, 6) is 0. The van der Waals surface area contributed by atoms with Crippen LogP contribution < -0.4 is 5.32 Å². The molecule has 1 aliphatic rings. The van der Waals surface area contributed by atoms with Gasteiger partial charge in [0.2, 0.25) is 0 Å². The van der Waals surface area contributed by atoms with Crippen LogP contribution in [0.2, 0.25) is 5.02 Å². The molecule has 0 aliphatic carbocycles. The molecule has 0 saturated carbocycles. The summed E-state index contributed by atoms with van der Waals surface area (Å²) in [6.07, 6.45) is -0.319. The molecule has 116 valence electrons. The third-order valence-corrected chi connectivity index (χ3v) is 5.45. The number of nitrogens with one attached hydrogen (secondary N) is 1. The van der Waals surface area contributed by atoms with E-state index in [9.17, 15) is 0 Å². The van der Waals surface area contributed by atoms with Gasteiger partial charge in [-0.2, -0.15) is 0 Å². The molecule has 2 aromatic rings. The van der Waals surface area contributed by atoms with E-state index < -0.39 is 0 Å². The Labute approximate surface area is 147 Å². The number of hydrogen-bond acceptors (Lipinski definition) is 4. The minimum atomic E-state index is -0.319. The fraction of sp³-hybridized carbons (Fsp3) is 0.250. The average Bonchev–Trinajstić information content (AvgIpc) is 3.05. The van der Waals surface area contributed by atoms with Gasteiger partial charge in [0.25, 0.3) is 0 Å². The summed E-state index contributed by atoms with van der Waals surface area (Å²) in [5, 5.41) is 3.90. The molecule has 1 heterocycles. The maximum atomic E-state index is 6.37. The van der Waals surface area contributed by atoms with Crippen molar-refractivity contribution >= 4 is 45.0 Å². The molecule has 2 aromatic carbocycles. The molecule has 1 aliphatic heterocycles. The molecule has 0 bridgehead atoms. The van der Waals surface area contributed by atoms with E-state index in [1.54, 1.807) is 11.8 Å². The highest BCUT2D eigenvalue weighted by atomic mass is 79.9. The number of anilines is 1. The zero-order chi connectivity index (χ0) is 15.5. The standard InChI is InChI=1S/C16H15BrClNO2S/c1-19-13-4-2-3-12(18)15(13)22-14-6-5-10(17)9-11(14)16-20-7-8-21-16/h2-6,9,16,19H,7-8H2,1H3. The molecule has 0 radical (unpaired) electrons. The molecule has 1 fully saturated rings. The molecule has 0 atom stereocenters. The van der Waals surface area contributed by atoms with Crippen LogP contribution in [0.15, 0.2) is 50.7 Å². The summed E-state index contributed by atoms with van der Waals surface area (Å²) in [6, 6.07) is 11.9. The van der Waals surface area contributed by atoms with Crippen LogP contribution in [0.25, 0.3) is 0 Å². The number of ether oxygens (including phenoxy) is 2. The Kier molecular flexibility index (Phi) is 5.31. The van der Waals surface area contributed by atoms with E-state index in [0.29, 0.717) is 13.2 Å². The zero-order valence-corrected chi connectivity index (χ0v) is 15.1. The highest BCUT2D eigenvalue weighted by molar-refractivity contribution is 9.10. The summed E-state index contributed by atoms with van der Waals surface area (Å²) in [6.45, 7) is 1.24. The van der Waals surface area contributed by atoms with Crippen molar-refractivity contribution in [2.24, 2.45) is 0 Å². The monoisotopic (exact) mass is 399 g/mol. The molecule has 0 spiro atoms. The van der Waals surface area contributed by atoms with Crippen LogP contribution in [0.3, 0.4) is 0 Å². The minimum absolute atomic E-state index is 0.319. The molecule has 3 nitrogen and oxygen atoms in total. The van der Waals surface area contributed by atoms with Gasteiger partial charge in [0.15, 0.2) is 6.29 Å². The first kappa shape index (κ1) is 16.1. The van der Waals surface area contributed by atoms with Gasteiger partial charge in [0.1, 0.15) is 0 Å². The van der Waals surface area contributed by atoms with Gasteiger partial charge < -0.3 is 14.8 Å². The fourth-order valence-corrected chi connectivity index (χ4v) is 4.00. The maximum Gasteiger partial charge on any atom is 0.185 e. The quantitative estimate of drug-likeness (QED) is 0.750. The van der Waals surface area contributed by atoms with Gasteiger partial charge in [-0.15, -0.1) is 0 Å². The largest absolute Gasteiger partial charge is 0.387 e. The highest BCUT2D eigenvalue weighted by Gasteiger charge is 2.23. The van der Waals surface area contributed by atoms with E-state index >= 15 is 0 Å². The molecular weight excluding hydrogens is 386 g/mol. The van der Waals surface area contributed by atoms with Crippen LogP contribution in [0.1, 0.15) is 11.9 Å². The Balaban J connectivity index is 1.99. The van der Waals surface area contributed by atoms with E-state index in [4.69, 9.17) is 21.1 Å². The van der Waals surface area contributed by atoms with E-state index in [1.165, 1.54) is 0 Å². The van der Waals surface area contributed by atoms with Crippen LogP contribution in [-0.2, 0) is 9.47 Å². The normalized spacial score (nSPS) is 15.2. The Morgan fingerprint density at radius 3 is 2.73 bits per heavy atom. The average molecular weight is 401 g/mol. The molecule has 3 rings (SSSR count). The molecule has 1 N–H and O–H groups in total. The lowest BCUT2D eigenvalue weighted by atomic mass is 10.2. The summed E-state index contributed by atoms with van der Waals surface area (Å²) >= 11 is 11.5. The molecule has 1 saturated heterocycles. The molecule has 22 heavy (non-hydrogen) atoms. The first-order chi connectivity index (χ1) is 10.7. The fourth-order valence-electron chi connectivity index (χ4n) is 2.25. The molecular formula is C16H15BrClNO2S. The Hall–Kier alpha value is -0.720. The van der Waals surface area contributed by atoms with Gasteiger partial charge in [-0.1, -0.05) is 45.4 Å². The van der Waals surface area contributed by atoms with Gasteiger partial charge >= 0.3 is 0 Å². The second-order valence-corrected chi connectivity index (χ2v) is 7.10. The molecule has 0 unspecified atom stereocenters. The number of halogens is 2. The number of rotatable bonds is 4. The summed E-state index contributed by atoms with van der Waals surface area (Å²) in [4.78, 5) is 2.06. The Bertz CT molecular complexity index is 677. The highest BCUT2D eigenvalue weighted by Crippen LogP contribution is 2.43. The predicted molar refractivity (Wildman–Crippen MR) is 93.9 cm³/mol. The third kappa shape index (κ3) is 3.44. The van der Waals surface area contributed by atoms with E-state index in [0.717, 1.165) is 30.5 Å². The van der Waals surface area contributed by atoms with Gasteiger partial charge in [-0.05, 0) is 30.3 Å². The smallest absolute Gasteiger partial charge is 0.185 e. The molecule has 0 aromatic heterocycles. The van der Waals surface area contributed by atoms with Crippen molar-refractivity contribution < 1.29 is 9.47 Å². The first-order valence-corrected chi connectivity index (χ1v) is 8.84. The van der Waals surface area contributed by atoms with Crippen LogP contribution in [0.5, 0.6) is 0 Å². The van der Waals surface area contributed by atoms with Crippen molar-refractivity contribution in [3.8, 4) is 0 Å². The second-order valence-electron chi connectivity index (χ2n) is 4.72. The summed E-state index contributed by atoms with van der Waals surface area (Å²) in [5.41, 5.74) is 2.01. The molecule has 0 amide bonds. The lowest BCUT2D eigenvalue weighted by Crippen LogP contribution is -2.00. The van der Waals surface area contributed by atoms with Crippen molar-refractivity contribution in [2.75, 3.05) is 25.6 Å². The summed E-state index contributed by atoms with van der Waals surface area (Å²) < 4.78 is 12.3. The topological polar surface area (TPSA) is 30.5 Å².